The Labute approximate surface area is 203 Å². The van der Waals surface area contributed by atoms with Crippen molar-refractivity contribution < 1.29 is 9.53 Å². The minimum absolute atomic E-state index is 0.102. The number of piperazine rings is 1. The van der Waals surface area contributed by atoms with E-state index >= 15 is 0 Å². The number of esters is 1. The summed E-state index contributed by atoms with van der Waals surface area (Å²) in [6.45, 7) is 4.98. The summed E-state index contributed by atoms with van der Waals surface area (Å²) in [4.78, 5) is 30.6. The molecule has 4 aromatic rings. The van der Waals surface area contributed by atoms with E-state index < -0.39 is 0 Å². The predicted molar refractivity (Wildman–Crippen MR) is 137 cm³/mol. The zero-order chi connectivity index (χ0) is 23.9. The third-order valence-electron chi connectivity index (χ3n) is 7.21. The molecule has 0 amide bonds. The number of hydrogen-bond acceptors (Lipinski definition) is 5. The number of cyclic esters (lactones) is 1. The van der Waals surface area contributed by atoms with Crippen LogP contribution < -0.4 is 10.6 Å². The van der Waals surface area contributed by atoms with Gasteiger partial charge in [-0.1, -0.05) is 36.4 Å². The summed E-state index contributed by atoms with van der Waals surface area (Å²) in [7, 11) is 2.16. The number of hydrogen-bond donors (Lipinski definition) is 0. The number of carbonyl (C=O) groups excluding carboxylic acids is 1. The molecule has 1 aromatic heterocycles. The molecule has 35 heavy (non-hydrogen) atoms. The molecule has 0 radical (unpaired) electrons. The highest BCUT2D eigenvalue weighted by Crippen LogP contribution is 2.26. The molecule has 178 valence electrons. The average Bonchev–Trinajstić information content (AvgIpc) is 3.39. The van der Waals surface area contributed by atoms with E-state index in [2.05, 4.69) is 41.1 Å². The third kappa shape index (κ3) is 3.82. The van der Waals surface area contributed by atoms with Gasteiger partial charge in [0.05, 0.1) is 22.3 Å². The van der Waals surface area contributed by atoms with Crippen LogP contribution in [0.15, 0.2) is 71.5 Å². The molecule has 7 heteroatoms. The number of anilines is 1. The van der Waals surface area contributed by atoms with Crippen molar-refractivity contribution in [2.45, 2.75) is 19.6 Å². The fraction of sp³-hybridized carbons (Fsp3) is 0.286. The second-order valence-corrected chi connectivity index (χ2v) is 9.34. The van der Waals surface area contributed by atoms with E-state index in [0.29, 0.717) is 17.8 Å². The van der Waals surface area contributed by atoms with Crippen LogP contribution in [-0.4, -0.2) is 53.2 Å². The van der Waals surface area contributed by atoms with Crippen LogP contribution in [0.1, 0.15) is 21.5 Å². The molecule has 0 N–H and O–H groups in total. The van der Waals surface area contributed by atoms with Gasteiger partial charge >= 0.3 is 11.7 Å². The highest BCUT2D eigenvalue weighted by atomic mass is 16.5. The van der Waals surface area contributed by atoms with Gasteiger partial charge < -0.3 is 14.5 Å². The molecule has 1 saturated heterocycles. The van der Waals surface area contributed by atoms with Crippen molar-refractivity contribution >= 4 is 22.7 Å². The number of aromatic nitrogens is 2. The Balaban J connectivity index is 1.36. The number of benzene rings is 3. The summed E-state index contributed by atoms with van der Waals surface area (Å²) in [5.41, 5.74) is 6.20. The van der Waals surface area contributed by atoms with Crippen molar-refractivity contribution in [1.82, 2.24) is 14.0 Å². The average molecular weight is 469 g/mol. The van der Waals surface area contributed by atoms with Gasteiger partial charge in [-0.15, -0.1) is 0 Å². The maximum atomic E-state index is 13.7. The lowest BCUT2D eigenvalue weighted by Gasteiger charge is -2.35. The number of fused-ring (bicyclic) bond motifs is 2. The molecular weight excluding hydrogens is 440 g/mol. The molecule has 0 atom stereocenters. The van der Waals surface area contributed by atoms with Gasteiger partial charge in [0.1, 0.15) is 6.61 Å². The van der Waals surface area contributed by atoms with Gasteiger partial charge in [0.2, 0.25) is 0 Å². The van der Waals surface area contributed by atoms with Gasteiger partial charge in [0, 0.05) is 44.0 Å². The predicted octanol–water partition coefficient (Wildman–Crippen LogP) is 3.46. The van der Waals surface area contributed by atoms with Gasteiger partial charge in [0.15, 0.2) is 0 Å². The molecule has 0 bridgehead atoms. The topological polar surface area (TPSA) is 59.7 Å². The van der Waals surface area contributed by atoms with Crippen LogP contribution in [0.3, 0.4) is 0 Å². The minimum atomic E-state index is -0.334. The van der Waals surface area contributed by atoms with E-state index in [9.17, 15) is 9.59 Å². The maximum Gasteiger partial charge on any atom is 0.338 e. The lowest BCUT2D eigenvalue weighted by Crippen LogP contribution is -2.44. The van der Waals surface area contributed by atoms with E-state index in [-0.39, 0.29) is 18.3 Å². The van der Waals surface area contributed by atoms with Crippen molar-refractivity contribution in [2.75, 3.05) is 38.1 Å². The molecule has 7 nitrogen and oxygen atoms in total. The molecule has 0 saturated carbocycles. The van der Waals surface area contributed by atoms with Crippen molar-refractivity contribution in [3.8, 4) is 5.69 Å². The number of imidazole rings is 1. The fourth-order valence-corrected chi connectivity index (χ4v) is 5.22. The van der Waals surface area contributed by atoms with E-state index in [0.717, 1.165) is 49.2 Å². The quantitative estimate of drug-likeness (QED) is 0.420. The summed E-state index contributed by atoms with van der Waals surface area (Å²) >= 11 is 0. The molecule has 1 fully saturated rings. The Bertz CT molecular complexity index is 1480. The first-order valence-corrected chi connectivity index (χ1v) is 12.1. The van der Waals surface area contributed by atoms with Crippen LogP contribution in [0, 0.1) is 0 Å². The van der Waals surface area contributed by atoms with Crippen LogP contribution >= 0.6 is 0 Å². The fourth-order valence-electron chi connectivity index (χ4n) is 5.22. The summed E-state index contributed by atoms with van der Waals surface area (Å²) in [5, 5.41) is 0. The molecule has 0 spiro atoms. The molecule has 3 aromatic carbocycles. The van der Waals surface area contributed by atoms with E-state index in [4.69, 9.17) is 4.74 Å². The third-order valence-corrected chi connectivity index (χ3v) is 7.21. The number of aryl methyl sites for hydroxylation is 2. The minimum Gasteiger partial charge on any atom is -0.457 e. The summed E-state index contributed by atoms with van der Waals surface area (Å²) in [6.07, 6.45) is 0.757. The highest BCUT2D eigenvalue weighted by Gasteiger charge is 2.23. The smallest absolute Gasteiger partial charge is 0.338 e. The zero-order valence-electron chi connectivity index (χ0n) is 19.8. The lowest BCUT2D eigenvalue weighted by molar-refractivity contribution is 0.0535. The van der Waals surface area contributed by atoms with E-state index in [1.807, 2.05) is 41.0 Å². The molecule has 3 heterocycles. The standard InChI is InChI=1S/C28H28N4O3/c1-29-14-16-30(17-15-29)24-7-3-2-6-20(24)12-13-31-25-8-4-5-9-26(25)32(28(31)34)22-11-10-21-19-35-27(33)23(21)18-22/h2-11,18H,12-17,19H2,1H3. The number of rotatable bonds is 5. The normalized spacial score (nSPS) is 16.0. The molecular formula is C28H28N4O3. The van der Waals surface area contributed by atoms with Crippen molar-refractivity contribution in [1.29, 1.82) is 0 Å². The SMILES string of the molecule is CN1CCN(c2ccccc2CCn2c(=O)n(-c3ccc4c(c3)C(=O)OC4)c3ccccc32)CC1. The molecule has 0 aliphatic carbocycles. The van der Waals surface area contributed by atoms with Crippen molar-refractivity contribution in [2.24, 2.45) is 0 Å². The second-order valence-electron chi connectivity index (χ2n) is 9.34. The Hall–Kier alpha value is -3.84. The number of carbonyl (C=O) groups is 1. The first-order valence-electron chi connectivity index (χ1n) is 12.1. The number of ether oxygens (including phenoxy) is 1. The van der Waals surface area contributed by atoms with Gasteiger partial charge in [-0.2, -0.15) is 0 Å². The molecule has 2 aliphatic heterocycles. The monoisotopic (exact) mass is 468 g/mol. The number of nitrogens with zero attached hydrogens (tertiary/aromatic N) is 4. The summed E-state index contributed by atoms with van der Waals surface area (Å²) in [6, 6.07) is 21.9. The van der Waals surface area contributed by atoms with Crippen LogP contribution in [0.2, 0.25) is 0 Å². The van der Waals surface area contributed by atoms with Gasteiger partial charge in [-0.05, 0) is 49.4 Å². The highest BCUT2D eigenvalue weighted by molar-refractivity contribution is 5.94. The van der Waals surface area contributed by atoms with Gasteiger partial charge in [0.25, 0.3) is 0 Å². The van der Waals surface area contributed by atoms with Crippen LogP contribution in [0.5, 0.6) is 0 Å². The molecule has 2 aliphatic rings. The summed E-state index contributed by atoms with van der Waals surface area (Å²) in [5.74, 6) is -0.334. The number of likely N-dealkylation sites (N-methyl/N-ethyl adjacent to an activating group) is 1. The van der Waals surface area contributed by atoms with Gasteiger partial charge in [-0.3, -0.25) is 9.13 Å². The summed E-state index contributed by atoms with van der Waals surface area (Å²) < 4.78 is 8.70. The first kappa shape index (κ1) is 21.7. The largest absolute Gasteiger partial charge is 0.457 e. The van der Waals surface area contributed by atoms with Gasteiger partial charge in [-0.25, -0.2) is 9.59 Å². The van der Waals surface area contributed by atoms with Crippen molar-refractivity contribution in [3.05, 3.63) is 93.9 Å². The lowest BCUT2D eigenvalue weighted by atomic mass is 10.1. The Morgan fingerprint density at radius 3 is 2.43 bits per heavy atom. The molecule has 0 unspecified atom stereocenters. The Kier molecular flexibility index (Phi) is 5.41. The number of para-hydroxylation sites is 3. The Morgan fingerprint density at radius 2 is 1.60 bits per heavy atom. The molecule has 6 rings (SSSR count). The van der Waals surface area contributed by atoms with Crippen LogP contribution in [0.4, 0.5) is 5.69 Å². The van der Waals surface area contributed by atoms with E-state index in [1.54, 1.807) is 10.6 Å². The first-order chi connectivity index (χ1) is 17.1. The Morgan fingerprint density at radius 1 is 0.857 bits per heavy atom. The van der Waals surface area contributed by atoms with Crippen molar-refractivity contribution in [3.63, 3.8) is 0 Å². The van der Waals surface area contributed by atoms with Crippen LogP contribution in [-0.2, 0) is 24.3 Å². The second kappa shape index (κ2) is 8.74. The maximum absolute atomic E-state index is 13.7. The van der Waals surface area contributed by atoms with Crippen LogP contribution in [0.25, 0.3) is 16.7 Å². The zero-order valence-corrected chi connectivity index (χ0v) is 19.8. The van der Waals surface area contributed by atoms with E-state index in [1.165, 1.54) is 11.3 Å².